The summed E-state index contributed by atoms with van der Waals surface area (Å²) < 4.78 is 62.8. The number of nitrogens with one attached hydrogen (secondary N) is 1. The Kier molecular flexibility index (Phi) is 6.39. The van der Waals surface area contributed by atoms with Crippen LogP contribution < -0.4 is 9.46 Å². The van der Waals surface area contributed by atoms with Gasteiger partial charge < -0.3 is 9.47 Å². The van der Waals surface area contributed by atoms with Gasteiger partial charge in [-0.1, -0.05) is 12.1 Å². The van der Waals surface area contributed by atoms with Crippen LogP contribution in [0.1, 0.15) is 10.4 Å². The van der Waals surface area contributed by atoms with Crippen molar-refractivity contribution in [1.29, 1.82) is 0 Å². The maximum atomic E-state index is 13.2. The summed E-state index contributed by atoms with van der Waals surface area (Å²) in [6.45, 7) is 0. The van der Waals surface area contributed by atoms with E-state index in [1.165, 1.54) is 49.8 Å². The number of sulfone groups is 1. The third-order valence-corrected chi connectivity index (χ3v) is 7.72. The van der Waals surface area contributed by atoms with Crippen LogP contribution in [-0.2, 0) is 24.6 Å². The Morgan fingerprint density at radius 2 is 1.74 bits per heavy atom. The summed E-state index contributed by atoms with van der Waals surface area (Å²) in [6, 6.07) is 11.7. The topological polar surface area (TPSA) is 116 Å². The zero-order chi connectivity index (χ0) is 22.8. The summed E-state index contributed by atoms with van der Waals surface area (Å²) in [5.41, 5.74) is 0.608. The normalized spacial score (nSPS) is 11.7. The summed E-state index contributed by atoms with van der Waals surface area (Å²) in [5, 5.41) is 1.82. The first-order chi connectivity index (χ1) is 14.6. The predicted molar refractivity (Wildman–Crippen MR) is 118 cm³/mol. The molecule has 0 aliphatic rings. The van der Waals surface area contributed by atoms with Crippen molar-refractivity contribution in [2.45, 2.75) is 9.79 Å². The predicted octanol–water partition coefficient (Wildman–Crippen LogP) is 3.41. The van der Waals surface area contributed by atoms with Crippen LogP contribution in [-0.4, -0.2) is 43.3 Å². The highest BCUT2D eigenvalue weighted by atomic mass is 32.2. The van der Waals surface area contributed by atoms with E-state index < -0.39 is 25.8 Å². The van der Waals surface area contributed by atoms with Crippen LogP contribution >= 0.6 is 11.3 Å². The fourth-order valence-corrected chi connectivity index (χ4v) is 5.50. The number of anilines is 1. The Hall–Kier alpha value is -2.89. The third kappa shape index (κ3) is 4.89. The second-order valence-corrected chi connectivity index (χ2v) is 11.0. The number of thiophene rings is 1. The second kappa shape index (κ2) is 8.69. The first-order valence-corrected chi connectivity index (χ1v) is 13.0. The maximum Gasteiger partial charge on any atom is 0.337 e. The summed E-state index contributed by atoms with van der Waals surface area (Å²) in [7, 11) is -5.37. The van der Waals surface area contributed by atoms with E-state index in [-0.39, 0.29) is 26.8 Å². The molecule has 31 heavy (non-hydrogen) atoms. The number of esters is 1. The molecule has 3 aromatic rings. The molecule has 0 spiro atoms. The minimum atomic E-state index is -4.27. The van der Waals surface area contributed by atoms with Gasteiger partial charge in [0, 0.05) is 16.7 Å². The number of carbonyl (C=O) groups is 1. The molecular formula is C20H19NO7S3. The zero-order valence-electron chi connectivity index (χ0n) is 16.8. The molecule has 8 nitrogen and oxygen atoms in total. The van der Waals surface area contributed by atoms with E-state index in [0.717, 1.165) is 17.2 Å². The Morgan fingerprint density at radius 1 is 1.00 bits per heavy atom. The van der Waals surface area contributed by atoms with E-state index in [0.29, 0.717) is 5.56 Å². The highest BCUT2D eigenvalue weighted by molar-refractivity contribution is 7.93. The van der Waals surface area contributed by atoms with Crippen molar-refractivity contribution in [2.24, 2.45) is 0 Å². The monoisotopic (exact) mass is 481 g/mol. The van der Waals surface area contributed by atoms with E-state index in [1.54, 1.807) is 18.2 Å². The largest absolute Gasteiger partial charge is 0.495 e. The van der Waals surface area contributed by atoms with Gasteiger partial charge in [0.15, 0.2) is 9.84 Å². The highest BCUT2D eigenvalue weighted by Gasteiger charge is 2.24. The number of benzene rings is 2. The van der Waals surface area contributed by atoms with Gasteiger partial charge in [0.1, 0.15) is 10.6 Å². The number of hydrogen-bond acceptors (Lipinski definition) is 8. The molecule has 1 N–H and O–H groups in total. The SMILES string of the molecule is COC(=O)c1ccc(OC)c(S(=O)(=O)Nc2cc(S(C)(=O)=O)ccc2-c2cccs2)c1. The van der Waals surface area contributed by atoms with Crippen molar-refractivity contribution >= 4 is 42.9 Å². The van der Waals surface area contributed by atoms with Crippen LogP contribution in [0.5, 0.6) is 5.75 Å². The quantitative estimate of drug-likeness (QED) is 0.514. The lowest BCUT2D eigenvalue weighted by molar-refractivity contribution is 0.0600. The van der Waals surface area contributed by atoms with Gasteiger partial charge in [-0.25, -0.2) is 21.6 Å². The molecule has 164 valence electrons. The van der Waals surface area contributed by atoms with Crippen molar-refractivity contribution in [3.63, 3.8) is 0 Å². The summed E-state index contributed by atoms with van der Waals surface area (Å²) >= 11 is 1.37. The van der Waals surface area contributed by atoms with E-state index in [9.17, 15) is 21.6 Å². The zero-order valence-corrected chi connectivity index (χ0v) is 19.2. The molecule has 0 aliphatic carbocycles. The van der Waals surface area contributed by atoms with Crippen molar-refractivity contribution in [2.75, 3.05) is 25.2 Å². The summed E-state index contributed by atoms with van der Waals surface area (Å²) in [6.07, 6.45) is 1.04. The molecule has 0 atom stereocenters. The lowest BCUT2D eigenvalue weighted by Crippen LogP contribution is -2.16. The smallest absolute Gasteiger partial charge is 0.337 e. The second-order valence-electron chi connectivity index (χ2n) is 6.42. The number of sulfonamides is 1. The van der Waals surface area contributed by atoms with Crippen molar-refractivity contribution in [3.05, 3.63) is 59.5 Å². The van der Waals surface area contributed by atoms with Crippen LogP contribution in [0.15, 0.2) is 63.7 Å². The molecule has 3 rings (SSSR count). The fraction of sp³-hybridized carbons (Fsp3) is 0.150. The van der Waals surface area contributed by atoms with E-state index in [2.05, 4.69) is 9.46 Å². The Bertz CT molecular complexity index is 1330. The third-order valence-electron chi connectivity index (χ3n) is 4.32. The molecule has 0 bridgehead atoms. The first kappa shape index (κ1) is 22.8. The van der Waals surface area contributed by atoms with Gasteiger partial charge in [0.05, 0.1) is 30.4 Å². The molecule has 1 heterocycles. The number of carbonyl (C=O) groups excluding carboxylic acids is 1. The number of ether oxygens (including phenoxy) is 2. The molecule has 1 aromatic heterocycles. The molecule has 0 radical (unpaired) electrons. The molecule has 11 heteroatoms. The summed E-state index contributed by atoms with van der Waals surface area (Å²) in [4.78, 5) is 12.3. The molecule has 0 saturated heterocycles. The Morgan fingerprint density at radius 3 is 2.32 bits per heavy atom. The number of methoxy groups -OCH3 is 2. The van der Waals surface area contributed by atoms with Crippen LogP contribution in [0.4, 0.5) is 5.69 Å². The van der Waals surface area contributed by atoms with Crippen LogP contribution in [0.25, 0.3) is 10.4 Å². The lowest BCUT2D eigenvalue weighted by atomic mass is 10.1. The Balaban J connectivity index is 2.16. The number of rotatable bonds is 7. The van der Waals surface area contributed by atoms with Crippen molar-refractivity contribution in [1.82, 2.24) is 0 Å². The molecular weight excluding hydrogens is 462 g/mol. The average molecular weight is 482 g/mol. The van der Waals surface area contributed by atoms with Gasteiger partial charge in [0.2, 0.25) is 0 Å². The van der Waals surface area contributed by atoms with Gasteiger partial charge in [-0.2, -0.15) is 0 Å². The van der Waals surface area contributed by atoms with E-state index in [1.807, 2.05) is 5.38 Å². The van der Waals surface area contributed by atoms with E-state index >= 15 is 0 Å². The number of hydrogen-bond donors (Lipinski definition) is 1. The van der Waals surface area contributed by atoms with Crippen molar-refractivity contribution in [3.8, 4) is 16.2 Å². The van der Waals surface area contributed by atoms with Crippen LogP contribution in [0.3, 0.4) is 0 Å². The molecule has 0 amide bonds. The van der Waals surface area contributed by atoms with Gasteiger partial charge in [-0.3, -0.25) is 4.72 Å². The maximum absolute atomic E-state index is 13.2. The average Bonchev–Trinajstić information content (AvgIpc) is 3.26. The van der Waals surface area contributed by atoms with Gasteiger partial charge in [-0.15, -0.1) is 11.3 Å². The minimum absolute atomic E-state index is 0.0112. The van der Waals surface area contributed by atoms with Crippen LogP contribution in [0.2, 0.25) is 0 Å². The van der Waals surface area contributed by atoms with E-state index in [4.69, 9.17) is 4.74 Å². The highest BCUT2D eigenvalue weighted by Crippen LogP contribution is 2.36. The van der Waals surface area contributed by atoms with Gasteiger partial charge >= 0.3 is 5.97 Å². The lowest BCUT2D eigenvalue weighted by Gasteiger charge is -2.15. The van der Waals surface area contributed by atoms with Crippen molar-refractivity contribution < 1.29 is 31.1 Å². The summed E-state index contributed by atoms with van der Waals surface area (Å²) in [5.74, 6) is -0.699. The van der Waals surface area contributed by atoms with Gasteiger partial charge in [-0.05, 0) is 41.8 Å². The molecule has 0 aliphatic heterocycles. The molecule has 0 saturated carbocycles. The van der Waals surface area contributed by atoms with Crippen LogP contribution in [0, 0.1) is 0 Å². The standard InChI is InChI=1S/C20H19NO7S3/c1-27-17-9-6-13(20(22)28-2)11-19(17)31(25,26)21-16-12-14(30(3,23)24)7-8-15(16)18-5-4-10-29-18/h4-12,21H,1-3H3. The fourth-order valence-electron chi connectivity index (χ4n) is 2.82. The minimum Gasteiger partial charge on any atom is -0.495 e. The first-order valence-electron chi connectivity index (χ1n) is 8.74. The molecule has 0 unspecified atom stereocenters. The molecule has 0 fully saturated rings. The molecule has 2 aromatic carbocycles. The van der Waals surface area contributed by atoms with Gasteiger partial charge in [0.25, 0.3) is 10.0 Å². The Labute approximate surface area is 184 Å².